The maximum Gasteiger partial charge on any atom is 0.224 e. The van der Waals surface area contributed by atoms with Crippen LogP contribution in [0.3, 0.4) is 0 Å². The zero-order valence-corrected chi connectivity index (χ0v) is 11.1. The predicted octanol–water partition coefficient (Wildman–Crippen LogP) is 3.83. The molecule has 4 rings (SSSR count). The number of aromatic nitrogens is 4. The zero-order valence-electron chi connectivity index (χ0n) is 10.3. The second-order valence-corrected chi connectivity index (χ2v) is 4.87. The highest BCUT2D eigenvalue weighted by atomic mass is 35.5. The van der Waals surface area contributed by atoms with Crippen LogP contribution in [0.5, 0.6) is 0 Å². The van der Waals surface area contributed by atoms with Gasteiger partial charge in [0.15, 0.2) is 5.65 Å². The molecule has 0 aliphatic rings. The lowest BCUT2D eigenvalue weighted by Gasteiger charge is -2.05. The van der Waals surface area contributed by atoms with Gasteiger partial charge in [0, 0.05) is 5.56 Å². The Morgan fingerprint density at radius 2 is 1.80 bits per heavy atom. The number of benzene rings is 2. The van der Waals surface area contributed by atoms with E-state index in [2.05, 4.69) is 44.4 Å². The van der Waals surface area contributed by atoms with Crippen LogP contribution >= 0.6 is 11.6 Å². The van der Waals surface area contributed by atoms with Crippen LogP contribution in [0.4, 0.5) is 0 Å². The molecule has 4 aromatic rings. The van der Waals surface area contributed by atoms with Gasteiger partial charge in [0.1, 0.15) is 0 Å². The molecular weight excluding hydrogens is 272 g/mol. The van der Waals surface area contributed by atoms with Crippen molar-refractivity contribution in [3.8, 4) is 11.3 Å². The Labute approximate surface area is 119 Å². The fourth-order valence-electron chi connectivity index (χ4n) is 2.36. The summed E-state index contributed by atoms with van der Waals surface area (Å²) in [6, 6.07) is 14.4. The summed E-state index contributed by atoms with van der Waals surface area (Å²) in [6.45, 7) is 0. The average molecular weight is 281 g/mol. The highest BCUT2D eigenvalue weighted by Crippen LogP contribution is 2.28. The van der Waals surface area contributed by atoms with Crippen molar-refractivity contribution in [3.05, 3.63) is 53.9 Å². The van der Waals surface area contributed by atoms with Crippen LogP contribution in [-0.2, 0) is 0 Å². The van der Waals surface area contributed by atoms with Crippen LogP contribution < -0.4 is 0 Å². The minimum absolute atomic E-state index is 0.213. The number of H-pyrrole nitrogens is 1. The van der Waals surface area contributed by atoms with Gasteiger partial charge in [0.25, 0.3) is 0 Å². The lowest BCUT2D eigenvalue weighted by Crippen LogP contribution is -1.90. The third kappa shape index (κ3) is 1.73. The molecule has 0 radical (unpaired) electrons. The molecule has 0 saturated heterocycles. The molecule has 0 aliphatic heterocycles. The van der Waals surface area contributed by atoms with E-state index in [0.29, 0.717) is 5.65 Å². The third-order valence-electron chi connectivity index (χ3n) is 3.31. The number of hydrogen-bond acceptors (Lipinski definition) is 3. The van der Waals surface area contributed by atoms with Crippen LogP contribution in [-0.4, -0.2) is 20.2 Å². The number of aromatic amines is 1. The van der Waals surface area contributed by atoms with Crippen LogP contribution in [0.25, 0.3) is 33.1 Å². The van der Waals surface area contributed by atoms with Crippen LogP contribution in [0.2, 0.25) is 5.28 Å². The van der Waals surface area contributed by atoms with Gasteiger partial charge in [-0.25, -0.2) is 4.98 Å². The molecule has 0 atom stereocenters. The molecular formula is C15H9ClN4. The topological polar surface area (TPSA) is 54.5 Å². The van der Waals surface area contributed by atoms with Crippen LogP contribution in [0, 0.1) is 0 Å². The fourth-order valence-corrected chi connectivity index (χ4v) is 2.53. The summed E-state index contributed by atoms with van der Waals surface area (Å²) in [5, 5.41) is 10.3. The number of rotatable bonds is 1. The van der Waals surface area contributed by atoms with Crippen LogP contribution in [0.15, 0.2) is 48.7 Å². The van der Waals surface area contributed by atoms with E-state index in [1.807, 2.05) is 18.2 Å². The Morgan fingerprint density at radius 1 is 0.950 bits per heavy atom. The smallest absolute Gasteiger partial charge is 0.224 e. The van der Waals surface area contributed by atoms with Crippen molar-refractivity contribution in [3.63, 3.8) is 0 Å². The Kier molecular flexibility index (Phi) is 2.44. The van der Waals surface area contributed by atoms with Crippen molar-refractivity contribution >= 4 is 33.4 Å². The molecule has 0 aliphatic carbocycles. The molecule has 0 amide bonds. The first kappa shape index (κ1) is 11.4. The van der Waals surface area contributed by atoms with E-state index in [1.165, 1.54) is 5.39 Å². The van der Waals surface area contributed by atoms with E-state index < -0.39 is 0 Å². The first-order chi connectivity index (χ1) is 9.81. The molecule has 2 heterocycles. The first-order valence-electron chi connectivity index (χ1n) is 6.17. The Morgan fingerprint density at radius 3 is 2.70 bits per heavy atom. The van der Waals surface area contributed by atoms with Gasteiger partial charge in [-0.3, -0.25) is 5.10 Å². The minimum atomic E-state index is 0.213. The number of hydrogen-bond donors (Lipinski definition) is 1. The molecule has 5 heteroatoms. The maximum atomic E-state index is 5.98. The Hall–Kier alpha value is -2.46. The highest BCUT2D eigenvalue weighted by Gasteiger charge is 2.10. The number of halogens is 1. The number of fused-ring (bicyclic) bond motifs is 2. The van der Waals surface area contributed by atoms with Crippen LogP contribution in [0.1, 0.15) is 0 Å². The molecule has 4 nitrogen and oxygen atoms in total. The van der Waals surface area contributed by atoms with Crippen molar-refractivity contribution in [2.75, 3.05) is 0 Å². The predicted molar refractivity (Wildman–Crippen MR) is 79.6 cm³/mol. The maximum absolute atomic E-state index is 5.98. The van der Waals surface area contributed by atoms with Gasteiger partial charge in [-0.2, -0.15) is 10.1 Å². The number of nitrogens with zero attached hydrogens (tertiary/aromatic N) is 3. The minimum Gasteiger partial charge on any atom is -0.261 e. The zero-order chi connectivity index (χ0) is 13.5. The third-order valence-corrected chi connectivity index (χ3v) is 3.47. The van der Waals surface area contributed by atoms with Gasteiger partial charge < -0.3 is 0 Å². The first-order valence-corrected chi connectivity index (χ1v) is 6.55. The molecule has 1 N–H and O–H groups in total. The number of nitrogens with one attached hydrogen (secondary N) is 1. The van der Waals surface area contributed by atoms with Gasteiger partial charge in [-0.1, -0.05) is 36.4 Å². The van der Waals surface area contributed by atoms with Gasteiger partial charge in [-0.15, -0.1) is 0 Å². The Bertz CT molecular complexity index is 929. The van der Waals surface area contributed by atoms with E-state index in [1.54, 1.807) is 6.20 Å². The van der Waals surface area contributed by atoms with E-state index in [0.717, 1.165) is 22.0 Å². The Balaban J connectivity index is 2.02. The summed E-state index contributed by atoms with van der Waals surface area (Å²) in [7, 11) is 0. The van der Waals surface area contributed by atoms with Crippen molar-refractivity contribution in [2.45, 2.75) is 0 Å². The summed E-state index contributed by atoms with van der Waals surface area (Å²) in [6.07, 6.45) is 1.72. The summed E-state index contributed by atoms with van der Waals surface area (Å²) in [5.41, 5.74) is 2.44. The van der Waals surface area contributed by atoms with Gasteiger partial charge >= 0.3 is 0 Å². The lowest BCUT2D eigenvalue weighted by atomic mass is 10.0. The molecule has 0 fully saturated rings. The average Bonchev–Trinajstić information content (AvgIpc) is 2.94. The molecule has 0 saturated carbocycles. The lowest BCUT2D eigenvalue weighted by molar-refractivity contribution is 1.09. The molecule has 2 aromatic carbocycles. The van der Waals surface area contributed by atoms with Crippen molar-refractivity contribution in [2.24, 2.45) is 0 Å². The molecule has 2 aromatic heterocycles. The normalized spacial score (nSPS) is 11.2. The van der Waals surface area contributed by atoms with Gasteiger partial charge in [-0.05, 0) is 28.4 Å². The monoisotopic (exact) mass is 280 g/mol. The van der Waals surface area contributed by atoms with E-state index in [9.17, 15) is 0 Å². The fraction of sp³-hybridized carbons (Fsp3) is 0. The van der Waals surface area contributed by atoms with Gasteiger partial charge in [0.05, 0.1) is 17.3 Å². The van der Waals surface area contributed by atoms with Crippen molar-refractivity contribution in [1.29, 1.82) is 0 Å². The van der Waals surface area contributed by atoms with E-state index in [4.69, 9.17) is 11.6 Å². The summed E-state index contributed by atoms with van der Waals surface area (Å²) >= 11 is 5.98. The van der Waals surface area contributed by atoms with Crippen molar-refractivity contribution in [1.82, 2.24) is 20.2 Å². The highest BCUT2D eigenvalue weighted by molar-refractivity contribution is 6.28. The van der Waals surface area contributed by atoms with Crippen molar-refractivity contribution < 1.29 is 0 Å². The molecule has 20 heavy (non-hydrogen) atoms. The summed E-state index contributed by atoms with van der Waals surface area (Å²) < 4.78 is 0. The molecule has 0 unspecified atom stereocenters. The SMILES string of the molecule is Clc1nc(-c2ccc3ccccc3c2)c2cn[nH]c2n1. The quantitative estimate of drug-likeness (QED) is 0.539. The molecule has 0 spiro atoms. The second kappa shape index (κ2) is 4.28. The largest absolute Gasteiger partial charge is 0.261 e. The molecule has 96 valence electrons. The second-order valence-electron chi connectivity index (χ2n) is 4.54. The van der Waals surface area contributed by atoms with E-state index >= 15 is 0 Å². The van der Waals surface area contributed by atoms with Gasteiger partial charge in [0.2, 0.25) is 5.28 Å². The van der Waals surface area contributed by atoms with E-state index in [-0.39, 0.29) is 5.28 Å². The summed E-state index contributed by atoms with van der Waals surface area (Å²) in [4.78, 5) is 8.47. The molecule has 0 bridgehead atoms. The standard InChI is InChI=1S/C15H9ClN4/c16-15-18-13(12-8-17-20-14(12)19-15)11-6-5-9-3-1-2-4-10(9)7-11/h1-8H,(H,17,18,19,20). The summed E-state index contributed by atoms with van der Waals surface area (Å²) in [5.74, 6) is 0.